The SMILES string of the molecule is CC1(Nc2nccc(C(N)=S)n2)CCCOC1. The van der Waals surface area contributed by atoms with Gasteiger partial charge in [0.15, 0.2) is 0 Å². The van der Waals surface area contributed by atoms with Crippen LogP contribution in [0.15, 0.2) is 12.3 Å². The fourth-order valence-electron chi connectivity index (χ4n) is 1.86. The Morgan fingerprint density at radius 3 is 3.12 bits per heavy atom. The first kappa shape index (κ1) is 12.2. The van der Waals surface area contributed by atoms with Crippen molar-refractivity contribution in [2.75, 3.05) is 18.5 Å². The first-order valence-corrected chi connectivity index (χ1v) is 5.99. The summed E-state index contributed by atoms with van der Waals surface area (Å²) in [6.45, 7) is 3.58. The number of thiocarbonyl (C=S) groups is 1. The first-order chi connectivity index (χ1) is 8.09. The zero-order valence-electron chi connectivity index (χ0n) is 9.77. The van der Waals surface area contributed by atoms with Crippen LogP contribution < -0.4 is 11.1 Å². The third-order valence-corrected chi connectivity index (χ3v) is 2.97. The van der Waals surface area contributed by atoms with Crippen molar-refractivity contribution in [2.45, 2.75) is 25.3 Å². The molecule has 0 spiro atoms. The molecule has 2 rings (SSSR count). The Balaban J connectivity index is 2.12. The number of ether oxygens (including phenoxy) is 1. The molecule has 0 bridgehead atoms. The molecular weight excluding hydrogens is 236 g/mol. The maximum absolute atomic E-state index is 5.54. The largest absolute Gasteiger partial charge is 0.388 e. The van der Waals surface area contributed by atoms with Gasteiger partial charge in [-0.05, 0) is 25.8 Å². The van der Waals surface area contributed by atoms with E-state index in [1.807, 2.05) is 0 Å². The number of anilines is 1. The van der Waals surface area contributed by atoms with Crippen molar-refractivity contribution >= 4 is 23.2 Å². The van der Waals surface area contributed by atoms with Crippen LogP contribution in [0.3, 0.4) is 0 Å². The number of aromatic nitrogens is 2. The number of nitrogens with one attached hydrogen (secondary N) is 1. The molecule has 1 aliphatic rings. The van der Waals surface area contributed by atoms with Gasteiger partial charge in [0.1, 0.15) is 10.7 Å². The van der Waals surface area contributed by atoms with Gasteiger partial charge < -0.3 is 15.8 Å². The summed E-state index contributed by atoms with van der Waals surface area (Å²) in [6.07, 6.45) is 3.73. The van der Waals surface area contributed by atoms with Crippen LogP contribution in [0.5, 0.6) is 0 Å². The lowest BCUT2D eigenvalue weighted by molar-refractivity contribution is 0.0537. The van der Waals surface area contributed by atoms with Gasteiger partial charge in [-0.3, -0.25) is 0 Å². The van der Waals surface area contributed by atoms with Crippen LogP contribution in [-0.4, -0.2) is 33.7 Å². The lowest BCUT2D eigenvalue weighted by Crippen LogP contribution is -2.43. The molecule has 1 aliphatic heterocycles. The van der Waals surface area contributed by atoms with Gasteiger partial charge >= 0.3 is 0 Å². The maximum atomic E-state index is 5.54. The fraction of sp³-hybridized carbons (Fsp3) is 0.545. The molecule has 0 aliphatic carbocycles. The van der Waals surface area contributed by atoms with Crippen molar-refractivity contribution in [1.29, 1.82) is 0 Å². The Kier molecular flexibility index (Phi) is 3.54. The zero-order valence-corrected chi connectivity index (χ0v) is 10.6. The molecule has 3 N–H and O–H groups in total. The number of rotatable bonds is 3. The fourth-order valence-corrected chi connectivity index (χ4v) is 1.97. The molecule has 0 aromatic carbocycles. The van der Waals surface area contributed by atoms with Crippen LogP contribution in [-0.2, 0) is 4.74 Å². The Hall–Kier alpha value is -1.27. The summed E-state index contributed by atoms with van der Waals surface area (Å²) >= 11 is 4.89. The van der Waals surface area contributed by atoms with Crippen molar-refractivity contribution in [3.05, 3.63) is 18.0 Å². The molecule has 1 aromatic rings. The van der Waals surface area contributed by atoms with Crippen LogP contribution in [0, 0.1) is 0 Å². The van der Waals surface area contributed by atoms with Crippen molar-refractivity contribution in [2.24, 2.45) is 5.73 Å². The predicted octanol–water partition coefficient (Wildman–Crippen LogP) is 1.09. The van der Waals surface area contributed by atoms with E-state index in [0.29, 0.717) is 18.2 Å². The minimum atomic E-state index is -0.118. The quantitative estimate of drug-likeness (QED) is 0.785. The van der Waals surface area contributed by atoms with Crippen LogP contribution in [0.25, 0.3) is 0 Å². The smallest absolute Gasteiger partial charge is 0.223 e. The zero-order chi connectivity index (χ0) is 12.3. The molecule has 17 heavy (non-hydrogen) atoms. The molecule has 0 saturated carbocycles. The number of hydrogen-bond donors (Lipinski definition) is 2. The van der Waals surface area contributed by atoms with Crippen molar-refractivity contribution < 1.29 is 4.74 Å². The van der Waals surface area contributed by atoms with Gasteiger partial charge in [0, 0.05) is 12.8 Å². The molecule has 92 valence electrons. The molecule has 2 heterocycles. The second-order valence-corrected chi connectivity index (χ2v) is 4.91. The van der Waals surface area contributed by atoms with E-state index in [1.165, 1.54) is 0 Å². The van der Waals surface area contributed by atoms with Gasteiger partial charge in [0.25, 0.3) is 0 Å². The van der Waals surface area contributed by atoms with E-state index >= 15 is 0 Å². The molecule has 1 unspecified atom stereocenters. The summed E-state index contributed by atoms with van der Waals surface area (Å²) in [6, 6.07) is 1.70. The highest BCUT2D eigenvalue weighted by Crippen LogP contribution is 2.22. The van der Waals surface area contributed by atoms with E-state index in [1.54, 1.807) is 12.3 Å². The van der Waals surface area contributed by atoms with Gasteiger partial charge in [0.05, 0.1) is 12.1 Å². The van der Waals surface area contributed by atoms with E-state index in [0.717, 1.165) is 19.4 Å². The Bertz CT molecular complexity index is 418. The number of hydrogen-bond acceptors (Lipinski definition) is 5. The average Bonchev–Trinajstić information content (AvgIpc) is 2.29. The van der Waals surface area contributed by atoms with E-state index < -0.39 is 0 Å². The van der Waals surface area contributed by atoms with Crippen LogP contribution in [0.1, 0.15) is 25.5 Å². The minimum absolute atomic E-state index is 0.118. The van der Waals surface area contributed by atoms with Gasteiger partial charge in [-0.25, -0.2) is 9.97 Å². The minimum Gasteiger partial charge on any atom is -0.388 e. The Labute approximate surface area is 106 Å². The third-order valence-electron chi connectivity index (χ3n) is 2.76. The number of nitrogens with two attached hydrogens (primary N) is 1. The molecule has 0 amide bonds. The van der Waals surface area contributed by atoms with Crippen molar-refractivity contribution in [1.82, 2.24) is 9.97 Å². The monoisotopic (exact) mass is 252 g/mol. The summed E-state index contributed by atoms with van der Waals surface area (Å²) in [7, 11) is 0. The molecule has 0 radical (unpaired) electrons. The normalized spacial score (nSPS) is 24.3. The third kappa shape index (κ3) is 3.10. The summed E-state index contributed by atoms with van der Waals surface area (Å²) in [5.74, 6) is 0.545. The molecule has 1 fully saturated rings. The summed E-state index contributed by atoms with van der Waals surface area (Å²) in [5.41, 5.74) is 6.00. The Morgan fingerprint density at radius 2 is 2.47 bits per heavy atom. The standard InChI is InChI=1S/C11H16N4OS/c1-11(4-2-6-16-7-11)15-10-13-5-3-8(14-10)9(12)17/h3,5H,2,4,6-7H2,1H3,(H2,12,17)(H,13,14,15). The van der Waals surface area contributed by atoms with E-state index in [9.17, 15) is 0 Å². The van der Waals surface area contributed by atoms with Gasteiger partial charge in [-0.2, -0.15) is 0 Å². The first-order valence-electron chi connectivity index (χ1n) is 5.58. The highest BCUT2D eigenvalue weighted by atomic mass is 32.1. The van der Waals surface area contributed by atoms with Crippen LogP contribution in [0.2, 0.25) is 0 Å². The molecule has 1 atom stereocenters. The summed E-state index contributed by atoms with van der Waals surface area (Å²) < 4.78 is 5.47. The van der Waals surface area contributed by atoms with Crippen molar-refractivity contribution in [3.63, 3.8) is 0 Å². The second-order valence-electron chi connectivity index (χ2n) is 4.47. The van der Waals surface area contributed by atoms with Crippen molar-refractivity contribution in [3.8, 4) is 0 Å². The van der Waals surface area contributed by atoms with Crippen LogP contribution in [0.4, 0.5) is 5.95 Å². The van der Waals surface area contributed by atoms with E-state index in [-0.39, 0.29) is 10.5 Å². The van der Waals surface area contributed by atoms with E-state index in [2.05, 4.69) is 22.2 Å². The summed E-state index contributed by atoms with van der Waals surface area (Å²) in [5, 5.41) is 3.29. The lowest BCUT2D eigenvalue weighted by Gasteiger charge is -2.34. The van der Waals surface area contributed by atoms with Gasteiger partial charge in [0.2, 0.25) is 5.95 Å². The molecule has 6 heteroatoms. The Morgan fingerprint density at radius 1 is 1.65 bits per heavy atom. The summed E-state index contributed by atoms with van der Waals surface area (Å²) in [4.78, 5) is 8.71. The van der Waals surface area contributed by atoms with Crippen LogP contribution >= 0.6 is 12.2 Å². The molecule has 5 nitrogen and oxygen atoms in total. The van der Waals surface area contributed by atoms with Gasteiger partial charge in [-0.15, -0.1) is 0 Å². The lowest BCUT2D eigenvalue weighted by atomic mass is 9.95. The molecule has 1 saturated heterocycles. The average molecular weight is 252 g/mol. The maximum Gasteiger partial charge on any atom is 0.223 e. The number of nitrogens with zero attached hydrogens (tertiary/aromatic N) is 2. The van der Waals surface area contributed by atoms with E-state index in [4.69, 9.17) is 22.7 Å². The highest BCUT2D eigenvalue weighted by Gasteiger charge is 2.28. The second kappa shape index (κ2) is 4.93. The predicted molar refractivity (Wildman–Crippen MR) is 70.0 cm³/mol. The van der Waals surface area contributed by atoms with Gasteiger partial charge in [-0.1, -0.05) is 12.2 Å². The molecular formula is C11H16N4OS. The molecule has 1 aromatic heterocycles. The topological polar surface area (TPSA) is 73.1 Å². The highest BCUT2D eigenvalue weighted by molar-refractivity contribution is 7.80.